The third-order valence-corrected chi connectivity index (χ3v) is 3.98. The summed E-state index contributed by atoms with van der Waals surface area (Å²) in [5.41, 5.74) is 6.64. The van der Waals surface area contributed by atoms with Crippen molar-refractivity contribution >= 4 is 38.7 Å². The number of halogens is 1. The van der Waals surface area contributed by atoms with Gasteiger partial charge < -0.3 is 11.1 Å². The molecule has 0 unspecified atom stereocenters. The van der Waals surface area contributed by atoms with E-state index in [1.54, 1.807) is 0 Å². The number of pyridine rings is 1. The summed E-state index contributed by atoms with van der Waals surface area (Å²) in [6, 6.07) is 7.29. The van der Waals surface area contributed by atoms with Gasteiger partial charge in [0.15, 0.2) is 14.9 Å². The van der Waals surface area contributed by atoms with Gasteiger partial charge in [-0.2, -0.15) is 0 Å². The van der Waals surface area contributed by atoms with Crippen molar-refractivity contribution in [3.8, 4) is 0 Å². The molecule has 8 heteroatoms. The van der Waals surface area contributed by atoms with Gasteiger partial charge in [0.25, 0.3) is 5.91 Å². The number of nitrogen functional groups attached to an aromatic ring is 1. The van der Waals surface area contributed by atoms with Crippen LogP contribution in [-0.4, -0.2) is 25.6 Å². The number of amides is 1. The summed E-state index contributed by atoms with van der Waals surface area (Å²) < 4.78 is 22.6. The highest BCUT2D eigenvalue weighted by molar-refractivity contribution is 7.90. The van der Waals surface area contributed by atoms with Gasteiger partial charge in [-0.05, 0) is 30.3 Å². The van der Waals surface area contributed by atoms with Gasteiger partial charge in [0.05, 0.1) is 22.6 Å². The van der Waals surface area contributed by atoms with E-state index in [9.17, 15) is 13.2 Å². The topological polar surface area (TPSA) is 102 Å². The van der Waals surface area contributed by atoms with Crippen LogP contribution in [0.5, 0.6) is 0 Å². The predicted octanol–water partition coefficient (Wildman–Crippen LogP) is 1.97. The Morgan fingerprint density at radius 3 is 2.52 bits per heavy atom. The molecule has 0 saturated carbocycles. The summed E-state index contributed by atoms with van der Waals surface area (Å²) in [4.78, 5) is 15.8. The van der Waals surface area contributed by atoms with Crippen molar-refractivity contribution in [3.05, 3.63) is 47.1 Å². The average Bonchev–Trinajstić information content (AvgIpc) is 2.41. The smallest absolute Gasteiger partial charge is 0.255 e. The van der Waals surface area contributed by atoms with Gasteiger partial charge in [0.2, 0.25) is 0 Å². The van der Waals surface area contributed by atoms with Crippen LogP contribution < -0.4 is 11.1 Å². The lowest BCUT2D eigenvalue weighted by atomic mass is 10.2. The Morgan fingerprint density at radius 1 is 1.29 bits per heavy atom. The molecule has 0 spiro atoms. The van der Waals surface area contributed by atoms with Crippen LogP contribution in [0.3, 0.4) is 0 Å². The van der Waals surface area contributed by atoms with Crippen molar-refractivity contribution in [2.24, 2.45) is 0 Å². The van der Waals surface area contributed by atoms with E-state index in [0.717, 1.165) is 6.26 Å². The average molecular weight is 326 g/mol. The van der Waals surface area contributed by atoms with Gasteiger partial charge in [-0.15, -0.1) is 0 Å². The second-order valence-corrected chi connectivity index (χ2v) is 6.72. The van der Waals surface area contributed by atoms with Gasteiger partial charge in [-0.3, -0.25) is 4.79 Å². The molecule has 3 N–H and O–H groups in total. The first-order valence-corrected chi connectivity index (χ1v) is 8.07. The highest BCUT2D eigenvalue weighted by Crippen LogP contribution is 2.20. The van der Waals surface area contributed by atoms with E-state index in [1.165, 1.54) is 36.5 Å². The molecule has 0 bridgehead atoms. The van der Waals surface area contributed by atoms with Crippen LogP contribution in [0.25, 0.3) is 0 Å². The number of nitrogens with two attached hydrogens (primary N) is 1. The number of carbonyl (C=O) groups excluding carboxylic acids is 1. The van der Waals surface area contributed by atoms with Crippen molar-refractivity contribution in [2.75, 3.05) is 17.3 Å². The lowest BCUT2D eigenvalue weighted by Crippen LogP contribution is -2.12. The number of aromatic nitrogens is 1. The molecule has 6 nitrogen and oxygen atoms in total. The first-order chi connectivity index (χ1) is 9.77. The molecule has 0 atom stereocenters. The molecule has 2 rings (SSSR count). The molecule has 0 aliphatic heterocycles. The Bertz CT molecular complexity index is 789. The fraction of sp³-hybridized carbons (Fsp3) is 0.0769. The maximum absolute atomic E-state index is 12.0. The zero-order chi connectivity index (χ0) is 15.6. The highest BCUT2D eigenvalue weighted by atomic mass is 35.5. The molecule has 21 heavy (non-hydrogen) atoms. The monoisotopic (exact) mass is 325 g/mol. The van der Waals surface area contributed by atoms with E-state index < -0.39 is 15.7 Å². The lowest BCUT2D eigenvalue weighted by Gasteiger charge is -2.07. The number of anilines is 2. The van der Waals surface area contributed by atoms with Crippen LogP contribution in [0.2, 0.25) is 5.02 Å². The maximum Gasteiger partial charge on any atom is 0.255 e. The molecule has 1 heterocycles. The minimum absolute atomic E-state index is 0.0590. The number of hydrogen-bond donors (Lipinski definition) is 2. The van der Waals surface area contributed by atoms with E-state index in [1.807, 2.05) is 0 Å². The predicted molar refractivity (Wildman–Crippen MR) is 81.2 cm³/mol. The van der Waals surface area contributed by atoms with E-state index in [4.69, 9.17) is 17.3 Å². The molecule has 0 saturated heterocycles. The summed E-state index contributed by atoms with van der Waals surface area (Å²) in [7, 11) is -3.37. The normalized spacial score (nSPS) is 11.1. The van der Waals surface area contributed by atoms with Crippen LogP contribution in [0.15, 0.2) is 41.6 Å². The van der Waals surface area contributed by atoms with Gasteiger partial charge >= 0.3 is 0 Å². The molecular formula is C13H12ClN3O3S. The third-order valence-electron chi connectivity index (χ3n) is 2.63. The number of benzene rings is 1. The first-order valence-electron chi connectivity index (χ1n) is 5.80. The highest BCUT2D eigenvalue weighted by Gasteiger charge is 2.11. The summed E-state index contributed by atoms with van der Waals surface area (Å²) in [6.45, 7) is 0. The van der Waals surface area contributed by atoms with Crippen LogP contribution in [0.1, 0.15) is 10.4 Å². The van der Waals surface area contributed by atoms with Gasteiger partial charge in [-0.1, -0.05) is 11.6 Å². The molecule has 1 aromatic heterocycles. The second kappa shape index (κ2) is 5.71. The van der Waals surface area contributed by atoms with E-state index >= 15 is 0 Å². The summed E-state index contributed by atoms with van der Waals surface area (Å²) in [5.74, 6) is -0.396. The number of sulfone groups is 1. The maximum atomic E-state index is 12.0. The van der Waals surface area contributed by atoms with E-state index in [-0.39, 0.29) is 5.03 Å². The van der Waals surface area contributed by atoms with Gasteiger partial charge in [-0.25, -0.2) is 13.4 Å². The second-order valence-electron chi connectivity index (χ2n) is 4.35. The van der Waals surface area contributed by atoms with Crippen LogP contribution in [0, 0.1) is 0 Å². The van der Waals surface area contributed by atoms with Crippen LogP contribution in [-0.2, 0) is 9.84 Å². The van der Waals surface area contributed by atoms with Crippen LogP contribution in [0.4, 0.5) is 11.4 Å². The Kier molecular flexibility index (Phi) is 4.15. The van der Waals surface area contributed by atoms with E-state index in [0.29, 0.717) is 22.0 Å². The largest absolute Gasteiger partial charge is 0.398 e. The third kappa shape index (κ3) is 3.71. The molecule has 1 amide bonds. The number of nitrogens with one attached hydrogen (secondary N) is 1. The standard InChI is InChI=1S/C13H12ClN3O3S/c1-21(19,20)12-5-3-9(7-16-12)17-13(18)8-2-4-10(14)11(15)6-8/h2-7H,15H2,1H3,(H,17,18). The van der Waals surface area contributed by atoms with Crippen molar-refractivity contribution in [3.63, 3.8) is 0 Å². The fourth-order valence-electron chi connectivity index (χ4n) is 1.56. The summed E-state index contributed by atoms with van der Waals surface area (Å²) in [5, 5.41) is 2.90. The van der Waals surface area contributed by atoms with Gasteiger partial charge in [0.1, 0.15) is 0 Å². The van der Waals surface area contributed by atoms with Crippen LogP contribution >= 0.6 is 11.6 Å². The quantitative estimate of drug-likeness (QED) is 0.840. The van der Waals surface area contributed by atoms with Crippen molar-refractivity contribution in [1.29, 1.82) is 0 Å². The molecule has 0 aliphatic carbocycles. The molecular weight excluding hydrogens is 314 g/mol. The molecule has 110 valence electrons. The zero-order valence-corrected chi connectivity index (χ0v) is 12.6. The molecule has 1 aromatic carbocycles. The van der Waals surface area contributed by atoms with Crippen molar-refractivity contribution in [2.45, 2.75) is 5.03 Å². The summed E-state index contributed by atoms with van der Waals surface area (Å²) in [6.07, 6.45) is 2.33. The minimum Gasteiger partial charge on any atom is -0.398 e. The molecule has 0 aliphatic rings. The number of rotatable bonds is 3. The van der Waals surface area contributed by atoms with Crippen molar-refractivity contribution in [1.82, 2.24) is 4.98 Å². The number of hydrogen-bond acceptors (Lipinski definition) is 5. The molecule has 2 aromatic rings. The van der Waals surface area contributed by atoms with Crippen molar-refractivity contribution < 1.29 is 13.2 Å². The number of carbonyl (C=O) groups is 1. The Morgan fingerprint density at radius 2 is 2.00 bits per heavy atom. The minimum atomic E-state index is -3.37. The fourth-order valence-corrected chi connectivity index (χ4v) is 2.24. The Balaban J connectivity index is 2.18. The van der Waals surface area contributed by atoms with Gasteiger partial charge in [0, 0.05) is 11.8 Å². The lowest BCUT2D eigenvalue weighted by molar-refractivity contribution is 0.102. The molecule has 0 fully saturated rings. The summed E-state index contributed by atoms with van der Waals surface area (Å²) >= 11 is 5.78. The Hall–Kier alpha value is -2.12. The SMILES string of the molecule is CS(=O)(=O)c1ccc(NC(=O)c2ccc(Cl)c(N)c2)cn1. The molecule has 0 radical (unpaired) electrons. The zero-order valence-electron chi connectivity index (χ0n) is 11.0. The Labute approximate surface area is 126 Å². The first kappa shape index (κ1) is 15.3. The van der Waals surface area contributed by atoms with E-state index in [2.05, 4.69) is 10.3 Å². The number of nitrogens with zero attached hydrogens (tertiary/aromatic N) is 1.